The molecule has 0 fully saturated rings. The van der Waals surface area contributed by atoms with Gasteiger partial charge in [-0.1, -0.05) is 30.3 Å². The van der Waals surface area contributed by atoms with Gasteiger partial charge in [0.05, 0.1) is 18.0 Å². The third kappa shape index (κ3) is 5.59. The molecule has 0 bridgehead atoms. The predicted molar refractivity (Wildman–Crippen MR) is 102 cm³/mol. The van der Waals surface area contributed by atoms with E-state index in [1.807, 2.05) is 56.3 Å². The minimum Gasteiger partial charge on any atom is -0.492 e. The van der Waals surface area contributed by atoms with Crippen molar-refractivity contribution in [2.45, 2.75) is 13.8 Å². The van der Waals surface area contributed by atoms with Crippen LogP contribution in [-0.2, 0) is 4.79 Å². The van der Waals surface area contributed by atoms with E-state index in [0.717, 1.165) is 32.8 Å². The maximum absolute atomic E-state index is 11.9. The molecule has 0 heterocycles. The van der Waals surface area contributed by atoms with Gasteiger partial charge in [0.15, 0.2) is 0 Å². The Kier molecular flexibility index (Phi) is 6.99. The number of benzene rings is 2. The Balaban J connectivity index is 1.69. The fraction of sp³-hybridized carbons (Fsp3) is 0.278. The standard InChI is InChI=1S/C18H20BrNO2S/c1-13-6-5-7-14(2)18(13)22-10-11-23-12-17(21)20-16-9-4-3-8-15(16)19/h3-9H,10-12H2,1-2H3,(H,20,21). The zero-order valence-corrected chi connectivity index (χ0v) is 15.7. The Morgan fingerprint density at radius 1 is 1.13 bits per heavy atom. The lowest BCUT2D eigenvalue weighted by Crippen LogP contribution is -2.15. The number of amides is 1. The van der Waals surface area contributed by atoms with E-state index < -0.39 is 0 Å². The molecule has 0 aliphatic heterocycles. The van der Waals surface area contributed by atoms with Crippen molar-refractivity contribution < 1.29 is 9.53 Å². The van der Waals surface area contributed by atoms with Crippen molar-refractivity contribution in [3.8, 4) is 5.75 Å². The highest BCUT2D eigenvalue weighted by atomic mass is 79.9. The SMILES string of the molecule is Cc1cccc(C)c1OCCSCC(=O)Nc1ccccc1Br. The zero-order valence-electron chi connectivity index (χ0n) is 13.3. The summed E-state index contributed by atoms with van der Waals surface area (Å²) >= 11 is 4.98. The first kappa shape index (κ1) is 17.9. The van der Waals surface area contributed by atoms with E-state index >= 15 is 0 Å². The quantitative estimate of drug-likeness (QED) is 0.685. The van der Waals surface area contributed by atoms with Gasteiger partial charge in [-0.2, -0.15) is 0 Å². The Labute approximate surface area is 149 Å². The van der Waals surface area contributed by atoms with Crippen LogP contribution in [0.4, 0.5) is 5.69 Å². The summed E-state index contributed by atoms with van der Waals surface area (Å²) in [6.07, 6.45) is 0. The average Bonchev–Trinajstić information content (AvgIpc) is 2.52. The van der Waals surface area contributed by atoms with Crippen molar-refractivity contribution in [1.29, 1.82) is 0 Å². The van der Waals surface area contributed by atoms with Crippen LogP contribution in [0.5, 0.6) is 5.75 Å². The second kappa shape index (κ2) is 8.99. The number of nitrogens with one attached hydrogen (secondary N) is 1. The lowest BCUT2D eigenvalue weighted by atomic mass is 10.1. The molecule has 2 aromatic carbocycles. The molecule has 0 spiro atoms. The van der Waals surface area contributed by atoms with E-state index in [9.17, 15) is 4.79 Å². The van der Waals surface area contributed by atoms with E-state index in [1.54, 1.807) is 11.8 Å². The average molecular weight is 394 g/mol. The Morgan fingerprint density at radius 3 is 2.52 bits per heavy atom. The number of ether oxygens (including phenoxy) is 1. The maximum Gasteiger partial charge on any atom is 0.234 e. The van der Waals surface area contributed by atoms with Gasteiger partial charge in [0.25, 0.3) is 0 Å². The van der Waals surface area contributed by atoms with E-state index in [4.69, 9.17) is 4.74 Å². The van der Waals surface area contributed by atoms with Gasteiger partial charge in [-0.15, -0.1) is 11.8 Å². The van der Waals surface area contributed by atoms with E-state index in [-0.39, 0.29) is 5.91 Å². The summed E-state index contributed by atoms with van der Waals surface area (Å²) in [5.41, 5.74) is 3.08. The number of carbonyl (C=O) groups excluding carboxylic acids is 1. The molecule has 1 N–H and O–H groups in total. The van der Waals surface area contributed by atoms with Crippen molar-refractivity contribution >= 4 is 39.3 Å². The van der Waals surface area contributed by atoms with Crippen molar-refractivity contribution in [3.63, 3.8) is 0 Å². The van der Waals surface area contributed by atoms with Crippen LogP contribution >= 0.6 is 27.7 Å². The van der Waals surface area contributed by atoms with Crippen molar-refractivity contribution in [2.24, 2.45) is 0 Å². The lowest BCUT2D eigenvalue weighted by molar-refractivity contribution is -0.113. The summed E-state index contributed by atoms with van der Waals surface area (Å²) in [6.45, 7) is 4.68. The highest BCUT2D eigenvalue weighted by molar-refractivity contribution is 9.10. The smallest absolute Gasteiger partial charge is 0.234 e. The number of rotatable bonds is 7. The lowest BCUT2D eigenvalue weighted by Gasteiger charge is -2.11. The molecule has 2 aromatic rings. The summed E-state index contributed by atoms with van der Waals surface area (Å²) in [5, 5.41) is 2.89. The van der Waals surface area contributed by atoms with Gasteiger partial charge in [-0.05, 0) is 53.0 Å². The van der Waals surface area contributed by atoms with Crippen LogP contribution in [0.3, 0.4) is 0 Å². The molecule has 3 nitrogen and oxygen atoms in total. The minimum absolute atomic E-state index is 0.00558. The van der Waals surface area contributed by atoms with Crippen molar-refractivity contribution in [2.75, 3.05) is 23.4 Å². The van der Waals surface area contributed by atoms with Crippen LogP contribution in [0, 0.1) is 13.8 Å². The van der Waals surface area contributed by atoms with E-state index in [0.29, 0.717) is 12.4 Å². The van der Waals surface area contributed by atoms with Crippen LogP contribution in [0.15, 0.2) is 46.9 Å². The Bertz CT molecular complexity index is 656. The number of halogens is 1. The monoisotopic (exact) mass is 393 g/mol. The Morgan fingerprint density at radius 2 is 1.83 bits per heavy atom. The summed E-state index contributed by atoms with van der Waals surface area (Å²) in [6, 6.07) is 13.7. The summed E-state index contributed by atoms with van der Waals surface area (Å²) < 4.78 is 6.71. The van der Waals surface area contributed by atoms with Crippen molar-refractivity contribution in [1.82, 2.24) is 0 Å². The second-order valence-electron chi connectivity index (χ2n) is 5.15. The number of hydrogen-bond donors (Lipinski definition) is 1. The molecule has 0 unspecified atom stereocenters. The topological polar surface area (TPSA) is 38.3 Å². The van der Waals surface area contributed by atoms with Gasteiger partial charge in [-0.25, -0.2) is 0 Å². The van der Waals surface area contributed by atoms with Crippen LogP contribution in [0.2, 0.25) is 0 Å². The van der Waals surface area contributed by atoms with Crippen LogP contribution < -0.4 is 10.1 Å². The first-order chi connectivity index (χ1) is 11.1. The van der Waals surface area contributed by atoms with E-state index in [2.05, 4.69) is 21.2 Å². The van der Waals surface area contributed by atoms with Gasteiger partial charge in [0.1, 0.15) is 5.75 Å². The van der Waals surface area contributed by atoms with Crippen LogP contribution in [0.1, 0.15) is 11.1 Å². The molecule has 0 aliphatic rings. The van der Waals surface area contributed by atoms with E-state index in [1.165, 1.54) is 0 Å². The molecule has 23 heavy (non-hydrogen) atoms. The largest absolute Gasteiger partial charge is 0.492 e. The number of carbonyl (C=O) groups is 1. The highest BCUT2D eigenvalue weighted by Crippen LogP contribution is 2.23. The van der Waals surface area contributed by atoms with Gasteiger partial charge >= 0.3 is 0 Å². The van der Waals surface area contributed by atoms with Crippen molar-refractivity contribution in [3.05, 3.63) is 58.1 Å². The summed E-state index contributed by atoms with van der Waals surface area (Å²) in [5.74, 6) is 2.13. The molecule has 0 aromatic heterocycles. The minimum atomic E-state index is -0.00558. The molecule has 0 saturated carbocycles. The first-order valence-corrected chi connectivity index (χ1v) is 9.34. The third-order valence-electron chi connectivity index (χ3n) is 3.26. The molecule has 0 radical (unpaired) electrons. The first-order valence-electron chi connectivity index (χ1n) is 7.39. The third-order valence-corrected chi connectivity index (χ3v) is 4.88. The molecule has 5 heteroatoms. The zero-order chi connectivity index (χ0) is 16.7. The molecule has 0 atom stereocenters. The highest BCUT2D eigenvalue weighted by Gasteiger charge is 2.06. The Hall–Kier alpha value is -1.46. The van der Waals surface area contributed by atoms with Gasteiger partial charge in [0.2, 0.25) is 5.91 Å². The fourth-order valence-electron chi connectivity index (χ4n) is 2.14. The number of anilines is 1. The fourth-order valence-corrected chi connectivity index (χ4v) is 3.13. The summed E-state index contributed by atoms with van der Waals surface area (Å²) in [4.78, 5) is 11.9. The number of aryl methyl sites for hydroxylation is 2. The number of hydrogen-bond acceptors (Lipinski definition) is 3. The molecule has 0 aliphatic carbocycles. The van der Waals surface area contributed by atoms with Gasteiger partial charge in [0, 0.05) is 10.2 Å². The molecule has 0 saturated heterocycles. The molecular weight excluding hydrogens is 374 g/mol. The van der Waals surface area contributed by atoms with Gasteiger partial charge in [-0.3, -0.25) is 4.79 Å². The maximum atomic E-state index is 11.9. The normalized spacial score (nSPS) is 10.4. The molecular formula is C18H20BrNO2S. The second-order valence-corrected chi connectivity index (χ2v) is 7.11. The molecule has 122 valence electrons. The predicted octanol–water partition coefficient (Wildman–Crippen LogP) is 4.82. The number of para-hydroxylation sites is 2. The molecule has 1 amide bonds. The van der Waals surface area contributed by atoms with Crippen LogP contribution in [0.25, 0.3) is 0 Å². The van der Waals surface area contributed by atoms with Gasteiger partial charge < -0.3 is 10.1 Å². The van der Waals surface area contributed by atoms with Crippen LogP contribution in [-0.4, -0.2) is 24.0 Å². The number of thioether (sulfide) groups is 1. The molecule has 2 rings (SSSR count). The summed E-state index contributed by atoms with van der Waals surface area (Å²) in [7, 11) is 0.